The van der Waals surface area contributed by atoms with Crippen molar-refractivity contribution in [2.75, 3.05) is 32.7 Å². The molecule has 2 aromatic rings. The van der Waals surface area contributed by atoms with Gasteiger partial charge in [0.25, 0.3) is 5.56 Å². The fraction of sp³-hybridized carbons (Fsp3) is 0.500. The Hall–Kier alpha value is -1.93. The molecule has 1 aliphatic heterocycles. The summed E-state index contributed by atoms with van der Waals surface area (Å²) in [5.41, 5.74) is 0.428. The lowest BCUT2D eigenvalue weighted by molar-refractivity contribution is -0.149. The van der Waals surface area contributed by atoms with Crippen molar-refractivity contribution in [3.8, 4) is 0 Å². The van der Waals surface area contributed by atoms with Crippen LogP contribution in [0.25, 0.3) is 10.9 Å². The SMILES string of the molecule is C[C@@H](c1nc2ccccc2c(=O)[nH]1)N1CCN(CC(F)(F)F)CC1. The highest BCUT2D eigenvalue weighted by molar-refractivity contribution is 5.77. The molecule has 1 aliphatic rings. The van der Waals surface area contributed by atoms with Crippen LogP contribution in [0, 0.1) is 0 Å². The smallest absolute Gasteiger partial charge is 0.309 e. The topological polar surface area (TPSA) is 52.2 Å². The number of alkyl halides is 3. The normalized spacial score (nSPS) is 18.8. The van der Waals surface area contributed by atoms with Gasteiger partial charge in [-0.2, -0.15) is 13.2 Å². The van der Waals surface area contributed by atoms with Gasteiger partial charge in [-0.25, -0.2) is 4.98 Å². The van der Waals surface area contributed by atoms with Crippen molar-refractivity contribution >= 4 is 10.9 Å². The molecule has 0 saturated carbocycles. The predicted octanol–water partition coefficient (Wildman–Crippen LogP) is 2.16. The van der Waals surface area contributed by atoms with Gasteiger partial charge < -0.3 is 4.98 Å². The number of halogens is 3. The van der Waals surface area contributed by atoms with Crippen LogP contribution in [0.15, 0.2) is 29.1 Å². The molecule has 0 spiro atoms. The fourth-order valence-electron chi connectivity index (χ4n) is 3.04. The summed E-state index contributed by atoms with van der Waals surface area (Å²) in [6.45, 7) is 2.75. The number of rotatable bonds is 3. The van der Waals surface area contributed by atoms with E-state index in [9.17, 15) is 18.0 Å². The Balaban J connectivity index is 1.72. The van der Waals surface area contributed by atoms with E-state index in [1.165, 1.54) is 4.90 Å². The molecule has 0 aliphatic carbocycles. The lowest BCUT2D eigenvalue weighted by atomic mass is 10.2. The van der Waals surface area contributed by atoms with Crippen molar-refractivity contribution in [3.63, 3.8) is 0 Å². The number of aromatic nitrogens is 2. The van der Waals surface area contributed by atoms with Gasteiger partial charge in [0.2, 0.25) is 0 Å². The van der Waals surface area contributed by atoms with E-state index in [2.05, 4.69) is 9.97 Å². The van der Waals surface area contributed by atoms with Crippen molar-refractivity contribution in [3.05, 3.63) is 40.4 Å². The minimum Gasteiger partial charge on any atom is -0.309 e. The largest absolute Gasteiger partial charge is 0.401 e. The number of fused-ring (bicyclic) bond motifs is 1. The molecule has 0 unspecified atom stereocenters. The zero-order chi connectivity index (χ0) is 17.3. The molecule has 24 heavy (non-hydrogen) atoms. The molecular formula is C16H19F3N4O. The first-order valence-corrected chi connectivity index (χ1v) is 7.85. The van der Waals surface area contributed by atoms with Crippen LogP contribution in [0.4, 0.5) is 13.2 Å². The van der Waals surface area contributed by atoms with Crippen molar-refractivity contribution in [2.24, 2.45) is 0 Å². The summed E-state index contributed by atoms with van der Waals surface area (Å²) in [6, 6.07) is 6.94. The molecule has 1 saturated heterocycles. The highest BCUT2D eigenvalue weighted by Gasteiger charge is 2.33. The summed E-state index contributed by atoms with van der Waals surface area (Å²) in [5.74, 6) is 0.544. The number of benzene rings is 1. The van der Waals surface area contributed by atoms with E-state index in [-0.39, 0.29) is 11.6 Å². The van der Waals surface area contributed by atoms with E-state index in [0.29, 0.717) is 42.9 Å². The number of para-hydroxylation sites is 1. The summed E-state index contributed by atoms with van der Waals surface area (Å²) >= 11 is 0. The van der Waals surface area contributed by atoms with Gasteiger partial charge in [-0.15, -0.1) is 0 Å². The van der Waals surface area contributed by atoms with Crippen molar-refractivity contribution in [2.45, 2.75) is 19.1 Å². The summed E-state index contributed by atoms with van der Waals surface area (Å²) < 4.78 is 37.3. The van der Waals surface area contributed by atoms with Gasteiger partial charge in [0.15, 0.2) is 0 Å². The molecule has 8 heteroatoms. The molecule has 130 valence electrons. The van der Waals surface area contributed by atoms with Crippen molar-refractivity contribution < 1.29 is 13.2 Å². The zero-order valence-electron chi connectivity index (χ0n) is 13.3. The Kier molecular flexibility index (Phi) is 4.60. The summed E-state index contributed by atoms with van der Waals surface area (Å²) in [6.07, 6.45) is -4.17. The maximum atomic E-state index is 12.4. The molecule has 3 rings (SSSR count). The highest BCUT2D eigenvalue weighted by atomic mass is 19.4. The standard InChI is InChI=1S/C16H19F3N4O/c1-11(23-8-6-22(7-9-23)10-16(17,18)19)14-20-13-5-3-2-4-12(13)15(24)21-14/h2-5,11H,6-10H2,1H3,(H,20,21,24)/t11-/m0/s1. The van der Waals surface area contributed by atoms with E-state index in [4.69, 9.17) is 0 Å². The number of hydrogen-bond donors (Lipinski definition) is 1. The first-order valence-electron chi connectivity index (χ1n) is 7.85. The van der Waals surface area contributed by atoms with E-state index in [0.717, 1.165) is 0 Å². The Morgan fingerprint density at radius 2 is 1.88 bits per heavy atom. The maximum Gasteiger partial charge on any atom is 0.401 e. The van der Waals surface area contributed by atoms with Gasteiger partial charge >= 0.3 is 6.18 Å². The van der Waals surface area contributed by atoms with Gasteiger partial charge in [0, 0.05) is 26.2 Å². The van der Waals surface area contributed by atoms with Crippen LogP contribution in [0.3, 0.4) is 0 Å². The lowest BCUT2D eigenvalue weighted by Crippen LogP contribution is -2.49. The average molecular weight is 340 g/mol. The zero-order valence-corrected chi connectivity index (χ0v) is 13.3. The second kappa shape index (κ2) is 6.52. The molecule has 0 radical (unpaired) electrons. The van der Waals surface area contributed by atoms with Crippen LogP contribution >= 0.6 is 0 Å². The Bertz CT molecular complexity index is 766. The van der Waals surface area contributed by atoms with E-state index in [1.807, 2.05) is 17.9 Å². The minimum atomic E-state index is -4.17. The number of H-pyrrole nitrogens is 1. The monoisotopic (exact) mass is 340 g/mol. The minimum absolute atomic E-state index is 0.157. The number of piperazine rings is 1. The molecular weight excluding hydrogens is 321 g/mol. The summed E-state index contributed by atoms with van der Waals surface area (Å²) in [4.78, 5) is 22.9. The number of hydrogen-bond acceptors (Lipinski definition) is 4. The second-order valence-electron chi connectivity index (χ2n) is 6.07. The van der Waals surface area contributed by atoms with Gasteiger partial charge in [-0.3, -0.25) is 14.6 Å². The first kappa shape index (κ1) is 16.9. The molecule has 1 aromatic heterocycles. The molecule has 0 amide bonds. The third-order valence-electron chi connectivity index (χ3n) is 4.38. The quantitative estimate of drug-likeness (QED) is 0.930. The first-order chi connectivity index (χ1) is 11.3. The van der Waals surface area contributed by atoms with E-state index >= 15 is 0 Å². The molecule has 1 atom stereocenters. The van der Waals surface area contributed by atoms with Crippen molar-refractivity contribution in [1.29, 1.82) is 0 Å². The predicted molar refractivity (Wildman–Crippen MR) is 84.8 cm³/mol. The molecule has 0 bridgehead atoms. The molecule has 5 nitrogen and oxygen atoms in total. The van der Waals surface area contributed by atoms with Crippen molar-refractivity contribution in [1.82, 2.24) is 19.8 Å². The van der Waals surface area contributed by atoms with Gasteiger partial charge in [-0.05, 0) is 19.1 Å². The van der Waals surface area contributed by atoms with Crippen LogP contribution in [0.2, 0.25) is 0 Å². The van der Waals surface area contributed by atoms with Crippen LogP contribution in [-0.4, -0.2) is 58.7 Å². The fourth-order valence-corrected chi connectivity index (χ4v) is 3.04. The highest BCUT2D eigenvalue weighted by Crippen LogP contribution is 2.22. The van der Waals surface area contributed by atoms with Gasteiger partial charge in [0.05, 0.1) is 23.5 Å². The average Bonchev–Trinajstić information content (AvgIpc) is 2.53. The molecule has 2 heterocycles. The van der Waals surface area contributed by atoms with Crippen LogP contribution < -0.4 is 5.56 Å². The third-order valence-corrected chi connectivity index (χ3v) is 4.38. The van der Waals surface area contributed by atoms with Gasteiger partial charge in [-0.1, -0.05) is 12.1 Å². The van der Waals surface area contributed by atoms with Crippen LogP contribution in [-0.2, 0) is 0 Å². The van der Waals surface area contributed by atoms with Crippen LogP contribution in [0.5, 0.6) is 0 Å². The van der Waals surface area contributed by atoms with E-state index < -0.39 is 12.7 Å². The lowest BCUT2D eigenvalue weighted by Gasteiger charge is -2.37. The number of nitrogens with zero attached hydrogens (tertiary/aromatic N) is 3. The third kappa shape index (κ3) is 3.76. The van der Waals surface area contributed by atoms with Crippen LogP contribution in [0.1, 0.15) is 18.8 Å². The van der Waals surface area contributed by atoms with E-state index in [1.54, 1.807) is 18.2 Å². The summed E-state index contributed by atoms with van der Waals surface area (Å²) in [5, 5.41) is 0.531. The molecule has 1 aromatic carbocycles. The Morgan fingerprint density at radius 3 is 2.54 bits per heavy atom. The Labute approximate surface area is 137 Å². The number of nitrogens with one attached hydrogen (secondary N) is 1. The second-order valence-corrected chi connectivity index (χ2v) is 6.07. The number of aromatic amines is 1. The molecule has 1 fully saturated rings. The summed E-state index contributed by atoms with van der Waals surface area (Å²) in [7, 11) is 0. The molecule has 1 N–H and O–H groups in total. The maximum absolute atomic E-state index is 12.4. The Morgan fingerprint density at radius 1 is 1.21 bits per heavy atom. The van der Waals surface area contributed by atoms with Gasteiger partial charge in [0.1, 0.15) is 5.82 Å².